The van der Waals surface area contributed by atoms with Gasteiger partial charge in [-0.25, -0.2) is 9.50 Å². The minimum Gasteiger partial charge on any atom is -0.397 e. The van der Waals surface area contributed by atoms with E-state index in [4.69, 9.17) is 10.7 Å². The maximum Gasteiger partial charge on any atom is 0.255 e. The van der Waals surface area contributed by atoms with E-state index >= 15 is 0 Å². The minimum atomic E-state index is -0.221. The fourth-order valence-electron chi connectivity index (χ4n) is 4.24. The largest absolute Gasteiger partial charge is 0.397 e. The molecule has 3 aromatic carbocycles. The van der Waals surface area contributed by atoms with Crippen LogP contribution in [0.4, 0.5) is 23.0 Å². The van der Waals surface area contributed by atoms with E-state index in [0.717, 1.165) is 27.9 Å². The van der Waals surface area contributed by atoms with Gasteiger partial charge in [0.1, 0.15) is 5.52 Å². The molecule has 0 fully saturated rings. The number of anilines is 4. The Bertz CT molecular complexity index is 1790. The van der Waals surface area contributed by atoms with E-state index in [0.29, 0.717) is 39.5 Å². The lowest BCUT2D eigenvalue weighted by Crippen LogP contribution is -2.13. The number of fused-ring (bicyclic) bond motifs is 1. The number of carbonyl (C=O) groups excluding carboxylic acids is 1. The van der Waals surface area contributed by atoms with Crippen LogP contribution in [0.1, 0.15) is 21.6 Å². The van der Waals surface area contributed by atoms with Crippen molar-refractivity contribution in [2.45, 2.75) is 17.8 Å². The number of aromatic nitrogens is 5. The molecule has 3 aromatic heterocycles. The quantitative estimate of drug-likeness (QED) is 0.130. The lowest BCUT2D eigenvalue weighted by Gasteiger charge is -2.11. The molecule has 0 saturated heterocycles. The number of carbonyl (C=O) groups is 1. The van der Waals surface area contributed by atoms with E-state index in [2.05, 4.69) is 25.9 Å². The maximum absolute atomic E-state index is 13.0. The van der Waals surface area contributed by atoms with Gasteiger partial charge in [-0.15, -0.1) is 5.10 Å². The topological polar surface area (TPSA) is 126 Å². The smallest absolute Gasteiger partial charge is 0.255 e. The summed E-state index contributed by atoms with van der Waals surface area (Å²) in [5.74, 6) is 1.79. The number of hydrogen-bond donors (Lipinski definition) is 4. The molecule has 6 aromatic rings. The molecule has 9 nitrogen and oxygen atoms in total. The van der Waals surface area contributed by atoms with E-state index < -0.39 is 0 Å². The molecular weight excluding hydrogens is 520 g/mol. The SMILES string of the molecule is Cc1cc(Nc2nc(SCc3ccc(C(=O)Nc4cc(-c5ccccc5)ccc4N)cc3)nn3cccc23)n[nH]1. The highest BCUT2D eigenvalue weighted by molar-refractivity contribution is 7.98. The second-order valence-electron chi connectivity index (χ2n) is 9.25. The third kappa shape index (κ3) is 5.52. The van der Waals surface area contributed by atoms with Gasteiger partial charge in [-0.1, -0.05) is 60.3 Å². The summed E-state index contributed by atoms with van der Waals surface area (Å²) >= 11 is 1.51. The van der Waals surface area contributed by atoms with Crippen LogP contribution in [-0.4, -0.2) is 30.7 Å². The van der Waals surface area contributed by atoms with E-state index in [1.54, 1.807) is 4.52 Å². The summed E-state index contributed by atoms with van der Waals surface area (Å²) in [6.45, 7) is 1.94. The van der Waals surface area contributed by atoms with Gasteiger partial charge in [-0.05, 0) is 60.0 Å². The predicted octanol–water partition coefficient (Wildman–Crippen LogP) is 6.30. The maximum atomic E-state index is 13.0. The zero-order chi connectivity index (χ0) is 27.5. The number of nitrogens with two attached hydrogens (primary N) is 1. The number of rotatable bonds is 8. The Balaban J connectivity index is 1.13. The number of nitrogens with one attached hydrogen (secondary N) is 3. The van der Waals surface area contributed by atoms with Crippen LogP contribution >= 0.6 is 11.8 Å². The number of aromatic amines is 1. The highest BCUT2D eigenvalue weighted by Crippen LogP contribution is 2.28. The van der Waals surface area contributed by atoms with E-state index in [-0.39, 0.29) is 5.91 Å². The normalized spacial score (nSPS) is 11.0. The second-order valence-corrected chi connectivity index (χ2v) is 10.2. The molecule has 5 N–H and O–H groups in total. The van der Waals surface area contributed by atoms with Crippen molar-refractivity contribution in [2.75, 3.05) is 16.4 Å². The van der Waals surface area contributed by atoms with Crippen molar-refractivity contribution in [3.63, 3.8) is 0 Å². The first-order valence-corrected chi connectivity index (χ1v) is 13.6. The minimum absolute atomic E-state index is 0.221. The van der Waals surface area contributed by atoms with Gasteiger partial charge in [-0.2, -0.15) is 5.10 Å². The highest BCUT2D eigenvalue weighted by atomic mass is 32.2. The standard InChI is InChI=1S/C30H26N8OS/c1-19-16-27(36-35-19)33-28-26-8-5-15-38(26)37-30(34-28)40-18-20-9-11-22(12-10-20)29(39)32-25-17-23(13-14-24(25)31)21-6-3-2-4-7-21/h2-17H,18,31H2,1H3,(H,32,39)(H2,33,34,35,36,37). The Morgan fingerprint density at radius 1 is 0.975 bits per heavy atom. The molecule has 0 unspecified atom stereocenters. The summed E-state index contributed by atoms with van der Waals surface area (Å²) < 4.78 is 1.79. The molecule has 0 aliphatic carbocycles. The number of hydrogen-bond acceptors (Lipinski definition) is 7. The summed E-state index contributed by atoms with van der Waals surface area (Å²) in [6.07, 6.45) is 1.89. The Kier molecular flexibility index (Phi) is 6.90. The number of benzene rings is 3. The molecule has 0 aliphatic heterocycles. The molecule has 40 heavy (non-hydrogen) atoms. The Morgan fingerprint density at radius 3 is 2.58 bits per heavy atom. The molecule has 10 heteroatoms. The van der Waals surface area contributed by atoms with Crippen molar-refractivity contribution in [3.05, 3.63) is 114 Å². The van der Waals surface area contributed by atoms with Crippen LogP contribution in [0.3, 0.4) is 0 Å². The zero-order valence-electron chi connectivity index (χ0n) is 21.6. The molecule has 6 rings (SSSR count). The average molecular weight is 547 g/mol. The van der Waals surface area contributed by atoms with Crippen LogP contribution in [0.25, 0.3) is 16.6 Å². The summed E-state index contributed by atoms with van der Waals surface area (Å²) in [4.78, 5) is 17.7. The van der Waals surface area contributed by atoms with Crippen molar-refractivity contribution in [1.29, 1.82) is 0 Å². The summed E-state index contributed by atoms with van der Waals surface area (Å²) in [5, 5.41) is 18.6. The van der Waals surface area contributed by atoms with Crippen LogP contribution in [0.2, 0.25) is 0 Å². The van der Waals surface area contributed by atoms with Crippen molar-refractivity contribution in [3.8, 4) is 11.1 Å². The first kappa shape index (κ1) is 25.2. The molecule has 0 radical (unpaired) electrons. The van der Waals surface area contributed by atoms with Crippen molar-refractivity contribution < 1.29 is 4.79 Å². The predicted molar refractivity (Wildman–Crippen MR) is 160 cm³/mol. The molecular formula is C30H26N8OS. The Labute approximate surface area is 234 Å². The van der Waals surface area contributed by atoms with E-state index in [1.165, 1.54) is 11.8 Å². The molecule has 198 valence electrons. The van der Waals surface area contributed by atoms with Gasteiger partial charge in [-0.3, -0.25) is 9.89 Å². The first-order valence-electron chi connectivity index (χ1n) is 12.6. The lowest BCUT2D eigenvalue weighted by molar-refractivity contribution is 0.102. The van der Waals surface area contributed by atoms with Gasteiger partial charge in [0.15, 0.2) is 11.6 Å². The monoisotopic (exact) mass is 546 g/mol. The van der Waals surface area contributed by atoms with Crippen molar-refractivity contribution in [1.82, 2.24) is 24.8 Å². The molecule has 0 atom stereocenters. The fourth-order valence-corrected chi connectivity index (χ4v) is 5.03. The van der Waals surface area contributed by atoms with Crippen LogP contribution in [0, 0.1) is 6.92 Å². The van der Waals surface area contributed by atoms with Crippen molar-refractivity contribution in [2.24, 2.45) is 0 Å². The van der Waals surface area contributed by atoms with Crippen LogP contribution < -0.4 is 16.4 Å². The highest BCUT2D eigenvalue weighted by Gasteiger charge is 2.12. The summed E-state index contributed by atoms with van der Waals surface area (Å²) in [5.41, 5.74) is 12.7. The third-order valence-electron chi connectivity index (χ3n) is 6.32. The number of amides is 1. The van der Waals surface area contributed by atoms with Gasteiger partial charge in [0.25, 0.3) is 5.91 Å². The summed E-state index contributed by atoms with van der Waals surface area (Å²) in [6, 6.07) is 28.9. The number of aryl methyl sites for hydroxylation is 1. The van der Waals surface area contributed by atoms with Gasteiger partial charge in [0.2, 0.25) is 5.16 Å². The lowest BCUT2D eigenvalue weighted by atomic mass is 10.0. The van der Waals surface area contributed by atoms with Crippen LogP contribution in [0.15, 0.2) is 102 Å². The molecule has 3 heterocycles. The van der Waals surface area contributed by atoms with Gasteiger partial charge < -0.3 is 16.4 Å². The Hall–Kier alpha value is -5.09. The second kappa shape index (κ2) is 11.0. The molecule has 0 aliphatic rings. The van der Waals surface area contributed by atoms with Gasteiger partial charge in [0, 0.05) is 29.3 Å². The van der Waals surface area contributed by atoms with Gasteiger partial charge in [0.05, 0.1) is 11.4 Å². The van der Waals surface area contributed by atoms with Crippen LogP contribution in [-0.2, 0) is 5.75 Å². The summed E-state index contributed by atoms with van der Waals surface area (Å²) in [7, 11) is 0. The van der Waals surface area contributed by atoms with E-state index in [1.807, 2.05) is 104 Å². The average Bonchev–Trinajstić information content (AvgIpc) is 3.62. The number of nitrogens with zero attached hydrogens (tertiary/aromatic N) is 4. The molecule has 1 amide bonds. The van der Waals surface area contributed by atoms with Crippen molar-refractivity contribution >= 4 is 46.2 Å². The molecule has 0 saturated carbocycles. The third-order valence-corrected chi connectivity index (χ3v) is 7.23. The fraction of sp³-hybridized carbons (Fsp3) is 0.0667. The number of nitrogen functional groups attached to an aromatic ring is 1. The number of H-pyrrole nitrogens is 1. The Morgan fingerprint density at radius 2 is 1.80 bits per heavy atom. The first-order chi connectivity index (χ1) is 19.5. The number of thioether (sulfide) groups is 1. The van der Waals surface area contributed by atoms with E-state index in [9.17, 15) is 4.79 Å². The van der Waals surface area contributed by atoms with Gasteiger partial charge >= 0.3 is 0 Å². The molecule has 0 bridgehead atoms. The zero-order valence-corrected chi connectivity index (χ0v) is 22.4. The van der Waals surface area contributed by atoms with Crippen LogP contribution in [0.5, 0.6) is 0 Å². The molecule has 0 spiro atoms.